The molecule has 0 atom stereocenters. The monoisotopic (exact) mass is 308 g/mol. The maximum atomic E-state index is 10.5. The fourth-order valence-electron chi connectivity index (χ4n) is 2.50. The summed E-state index contributed by atoms with van der Waals surface area (Å²) in [5.74, 6) is -0.962. The van der Waals surface area contributed by atoms with E-state index in [1.54, 1.807) is 6.08 Å². The topological polar surface area (TPSA) is 43.8 Å². The van der Waals surface area contributed by atoms with Gasteiger partial charge in [-0.1, -0.05) is 17.7 Å². The number of carboxylic acid groups (broad SMARTS) is 1. The van der Waals surface area contributed by atoms with Crippen LogP contribution < -0.4 is 4.90 Å². The van der Waals surface area contributed by atoms with E-state index >= 15 is 0 Å². The third-order valence-electron chi connectivity index (χ3n) is 4.05. The van der Waals surface area contributed by atoms with Gasteiger partial charge in [-0.25, -0.2) is 4.79 Å². The van der Waals surface area contributed by atoms with Crippen molar-refractivity contribution in [2.24, 2.45) is 0 Å². The van der Waals surface area contributed by atoms with Gasteiger partial charge < -0.3 is 10.0 Å². The molecule has 0 unspecified atom stereocenters. The lowest BCUT2D eigenvalue weighted by molar-refractivity contribution is -0.131. The maximum Gasteiger partial charge on any atom is 0.328 e. The summed E-state index contributed by atoms with van der Waals surface area (Å²) >= 11 is 6.37. The van der Waals surface area contributed by atoms with Gasteiger partial charge in [-0.05, 0) is 44.7 Å². The summed E-state index contributed by atoms with van der Waals surface area (Å²) in [7, 11) is 2.14. The van der Waals surface area contributed by atoms with Crippen molar-refractivity contribution in [2.75, 3.05) is 31.6 Å². The summed E-state index contributed by atoms with van der Waals surface area (Å²) in [6.07, 6.45) is 2.66. The van der Waals surface area contributed by atoms with E-state index in [2.05, 4.69) is 30.7 Å². The normalized spacial score (nSPS) is 19.1. The second-order valence-electron chi connectivity index (χ2n) is 6.04. The molecule has 2 rings (SSSR count). The molecule has 0 bridgehead atoms. The number of carbonyl (C=O) groups is 1. The lowest BCUT2D eigenvalue weighted by Gasteiger charge is -2.46. The molecular formula is C16H21ClN2O2. The molecule has 0 amide bonds. The first-order valence-electron chi connectivity index (χ1n) is 6.96. The first-order valence-corrected chi connectivity index (χ1v) is 7.34. The fourth-order valence-corrected chi connectivity index (χ4v) is 2.81. The summed E-state index contributed by atoms with van der Waals surface area (Å²) in [6, 6.07) is 5.67. The molecule has 1 saturated heterocycles. The molecular weight excluding hydrogens is 288 g/mol. The van der Waals surface area contributed by atoms with E-state index in [-0.39, 0.29) is 5.54 Å². The molecule has 1 aliphatic rings. The molecule has 0 aliphatic carbocycles. The van der Waals surface area contributed by atoms with Crippen LogP contribution in [-0.2, 0) is 4.79 Å². The minimum atomic E-state index is -0.962. The number of nitrogens with zero attached hydrogens (tertiary/aromatic N) is 2. The molecule has 4 nitrogen and oxygen atoms in total. The molecule has 114 valence electrons. The zero-order chi connectivity index (χ0) is 15.6. The van der Waals surface area contributed by atoms with E-state index in [1.165, 1.54) is 0 Å². The highest BCUT2D eigenvalue weighted by molar-refractivity contribution is 6.33. The Bertz CT molecular complexity index is 569. The van der Waals surface area contributed by atoms with Gasteiger partial charge in [0.05, 0.1) is 10.7 Å². The number of hydrogen-bond donors (Lipinski definition) is 1. The number of aliphatic carboxylic acids is 1. The van der Waals surface area contributed by atoms with Crippen LogP contribution in [0, 0.1) is 0 Å². The van der Waals surface area contributed by atoms with Crippen LogP contribution in [0.2, 0.25) is 5.02 Å². The van der Waals surface area contributed by atoms with Crippen molar-refractivity contribution in [1.29, 1.82) is 0 Å². The Morgan fingerprint density at radius 1 is 1.38 bits per heavy atom. The van der Waals surface area contributed by atoms with Crippen molar-refractivity contribution >= 4 is 29.3 Å². The Labute approximate surface area is 130 Å². The van der Waals surface area contributed by atoms with E-state index in [0.29, 0.717) is 5.02 Å². The number of anilines is 1. The molecule has 21 heavy (non-hydrogen) atoms. The molecule has 1 heterocycles. The summed E-state index contributed by atoms with van der Waals surface area (Å²) < 4.78 is 0. The van der Waals surface area contributed by atoms with Gasteiger partial charge in [0, 0.05) is 31.2 Å². The molecule has 1 N–H and O–H groups in total. The van der Waals surface area contributed by atoms with Gasteiger partial charge in [0.2, 0.25) is 0 Å². The SMILES string of the molecule is CN1CCN(c2ccc(/C=C/C(=O)O)cc2Cl)CC1(C)C. The maximum absolute atomic E-state index is 10.5. The van der Waals surface area contributed by atoms with Gasteiger partial charge in [0.25, 0.3) is 0 Å². The predicted molar refractivity (Wildman–Crippen MR) is 87.0 cm³/mol. The Hall–Kier alpha value is -1.52. The second-order valence-corrected chi connectivity index (χ2v) is 6.45. The highest BCUT2D eigenvalue weighted by atomic mass is 35.5. The lowest BCUT2D eigenvalue weighted by Crippen LogP contribution is -2.57. The molecule has 0 spiro atoms. The Morgan fingerprint density at radius 3 is 2.67 bits per heavy atom. The molecule has 5 heteroatoms. The Morgan fingerprint density at radius 2 is 2.10 bits per heavy atom. The summed E-state index contributed by atoms with van der Waals surface area (Å²) in [5, 5.41) is 9.31. The Kier molecular flexibility index (Phi) is 4.59. The van der Waals surface area contributed by atoms with Crippen LogP contribution in [-0.4, -0.2) is 48.2 Å². The highest BCUT2D eigenvalue weighted by Gasteiger charge is 2.31. The van der Waals surface area contributed by atoms with Crippen LogP contribution in [0.15, 0.2) is 24.3 Å². The molecule has 0 aromatic heterocycles. The van der Waals surface area contributed by atoms with E-state index in [4.69, 9.17) is 16.7 Å². The van der Waals surface area contributed by atoms with E-state index in [1.807, 2.05) is 18.2 Å². The van der Waals surface area contributed by atoms with Crippen molar-refractivity contribution in [3.63, 3.8) is 0 Å². The number of carboxylic acids is 1. The summed E-state index contributed by atoms with van der Waals surface area (Å²) in [6.45, 7) is 7.27. The van der Waals surface area contributed by atoms with Gasteiger partial charge >= 0.3 is 5.97 Å². The molecule has 1 aliphatic heterocycles. The second kappa shape index (κ2) is 6.08. The van der Waals surface area contributed by atoms with Crippen molar-refractivity contribution in [3.05, 3.63) is 34.9 Å². The van der Waals surface area contributed by atoms with Gasteiger partial charge in [-0.2, -0.15) is 0 Å². The van der Waals surface area contributed by atoms with Gasteiger partial charge in [-0.3, -0.25) is 4.90 Å². The first kappa shape index (κ1) is 15.9. The van der Waals surface area contributed by atoms with Gasteiger partial charge in [0.1, 0.15) is 0 Å². The fraction of sp³-hybridized carbons (Fsp3) is 0.438. The van der Waals surface area contributed by atoms with E-state index in [0.717, 1.165) is 37.0 Å². The molecule has 1 aromatic rings. The van der Waals surface area contributed by atoms with Crippen LogP contribution in [0.3, 0.4) is 0 Å². The minimum absolute atomic E-state index is 0.101. The number of halogens is 1. The largest absolute Gasteiger partial charge is 0.478 e. The van der Waals surface area contributed by atoms with Crippen LogP contribution in [0.4, 0.5) is 5.69 Å². The Balaban J connectivity index is 2.20. The van der Waals surface area contributed by atoms with Gasteiger partial charge in [0.15, 0.2) is 0 Å². The number of piperazine rings is 1. The zero-order valence-corrected chi connectivity index (χ0v) is 13.4. The third-order valence-corrected chi connectivity index (χ3v) is 4.35. The average Bonchev–Trinajstić information content (AvgIpc) is 2.40. The number of rotatable bonds is 3. The van der Waals surface area contributed by atoms with Crippen molar-refractivity contribution < 1.29 is 9.90 Å². The quantitative estimate of drug-likeness (QED) is 0.872. The molecule has 0 saturated carbocycles. The summed E-state index contributed by atoms with van der Waals surface area (Å²) in [4.78, 5) is 15.2. The van der Waals surface area contributed by atoms with Crippen LogP contribution in [0.1, 0.15) is 19.4 Å². The molecule has 0 radical (unpaired) electrons. The zero-order valence-electron chi connectivity index (χ0n) is 12.6. The van der Waals surface area contributed by atoms with E-state index < -0.39 is 5.97 Å². The minimum Gasteiger partial charge on any atom is -0.478 e. The van der Waals surface area contributed by atoms with Crippen molar-refractivity contribution in [3.8, 4) is 0 Å². The van der Waals surface area contributed by atoms with Gasteiger partial charge in [-0.15, -0.1) is 0 Å². The number of likely N-dealkylation sites (N-methyl/N-ethyl adjacent to an activating group) is 1. The third kappa shape index (κ3) is 3.77. The van der Waals surface area contributed by atoms with Crippen molar-refractivity contribution in [2.45, 2.75) is 19.4 Å². The van der Waals surface area contributed by atoms with Crippen LogP contribution in [0.25, 0.3) is 6.08 Å². The highest BCUT2D eigenvalue weighted by Crippen LogP contribution is 2.31. The molecule has 1 aromatic carbocycles. The lowest BCUT2D eigenvalue weighted by atomic mass is 9.99. The van der Waals surface area contributed by atoms with Crippen LogP contribution >= 0.6 is 11.6 Å². The van der Waals surface area contributed by atoms with E-state index in [9.17, 15) is 4.79 Å². The van der Waals surface area contributed by atoms with Crippen LogP contribution in [0.5, 0.6) is 0 Å². The summed E-state index contributed by atoms with van der Waals surface area (Å²) in [5.41, 5.74) is 1.90. The first-order chi connectivity index (χ1) is 9.79. The number of benzene rings is 1. The standard InChI is InChI=1S/C16H21ClN2O2/c1-16(2)11-19(9-8-18(16)3)14-6-4-12(10-13(14)17)5-7-15(20)21/h4-7,10H,8-9,11H2,1-3H3,(H,20,21)/b7-5+. The smallest absolute Gasteiger partial charge is 0.328 e. The van der Waals surface area contributed by atoms with Crippen molar-refractivity contribution in [1.82, 2.24) is 4.90 Å². The predicted octanol–water partition coefficient (Wildman–Crippen LogP) is 2.97. The number of hydrogen-bond acceptors (Lipinski definition) is 3. The molecule has 1 fully saturated rings. The average molecular weight is 309 g/mol.